The van der Waals surface area contributed by atoms with E-state index in [4.69, 9.17) is 9.47 Å². The quantitative estimate of drug-likeness (QED) is 0.322. The number of carboxylic acid groups (broad SMARTS) is 1. The van der Waals surface area contributed by atoms with Crippen molar-refractivity contribution in [3.8, 4) is 11.5 Å². The van der Waals surface area contributed by atoms with Gasteiger partial charge in [-0.15, -0.1) is 11.3 Å². The molecule has 0 saturated carbocycles. The highest BCUT2D eigenvalue weighted by atomic mass is 32.1. The molecule has 2 aromatic heterocycles. The van der Waals surface area contributed by atoms with Gasteiger partial charge in [-0.2, -0.15) is 0 Å². The number of benzene rings is 2. The van der Waals surface area contributed by atoms with Gasteiger partial charge in [0, 0.05) is 40.5 Å². The molecule has 9 heteroatoms. The van der Waals surface area contributed by atoms with Gasteiger partial charge in [-0.3, -0.25) is 9.59 Å². The zero-order chi connectivity index (χ0) is 24.4. The molecule has 35 heavy (non-hydrogen) atoms. The lowest BCUT2D eigenvalue weighted by Gasteiger charge is -2.15. The van der Waals surface area contributed by atoms with Crippen molar-refractivity contribution in [2.75, 3.05) is 6.61 Å². The summed E-state index contributed by atoms with van der Waals surface area (Å²) in [4.78, 5) is 40.7. The number of hydrogen-bond donors (Lipinski definition) is 3. The number of para-hydroxylation sites is 1. The monoisotopic (exact) mass is 488 g/mol. The average Bonchev–Trinajstić information content (AvgIpc) is 3.58. The summed E-state index contributed by atoms with van der Waals surface area (Å²) in [5.41, 5.74) is 2.10. The number of carbonyl (C=O) groups is 3. The number of ether oxygens (including phenoxy) is 2. The predicted octanol–water partition coefficient (Wildman–Crippen LogP) is 4.04. The molecule has 1 aliphatic rings. The third-order valence-electron chi connectivity index (χ3n) is 5.56. The first-order chi connectivity index (χ1) is 17.0. The number of ketones is 1. The van der Waals surface area contributed by atoms with Gasteiger partial charge in [0.05, 0.1) is 5.56 Å². The summed E-state index contributed by atoms with van der Waals surface area (Å²) in [7, 11) is 0. The molecule has 1 atom stereocenters. The van der Waals surface area contributed by atoms with Crippen molar-refractivity contribution >= 4 is 46.0 Å². The van der Waals surface area contributed by atoms with E-state index >= 15 is 0 Å². The van der Waals surface area contributed by atoms with Crippen molar-refractivity contribution < 1.29 is 29.0 Å². The first-order valence-electron chi connectivity index (χ1n) is 10.8. The van der Waals surface area contributed by atoms with Crippen LogP contribution >= 0.6 is 11.3 Å². The number of thiophene rings is 1. The molecule has 0 aliphatic carbocycles. The maximum Gasteiger partial charge on any atom is 0.326 e. The highest BCUT2D eigenvalue weighted by molar-refractivity contribution is 7.10. The topological polar surface area (TPSA) is 118 Å². The van der Waals surface area contributed by atoms with E-state index in [1.165, 1.54) is 17.4 Å². The minimum atomic E-state index is -1.14. The molecule has 0 spiro atoms. The van der Waals surface area contributed by atoms with Crippen LogP contribution < -0.4 is 14.8 Å². The molecule has 4 aromatic rings. The van der Waals surface area contributed by atoms with Crippen molar-refractivity contribution in [1.29, 1.82) is 0 Å². The van der Waals surface area contributed by atoms with Crippen molar-refractivity contribution in [2.45, 2.75) is 12.5 Å². The van der Waals surface area contributed by atoms with E-state index in [2.05, 4.69) is 10.3 Å². The zero-order valence-electron chi connectivity index (χ0n) is 18.3. The lowest BCUT2D eigenvalue weighted by molar-refractivity contribution is -0.142. The number of rotatable bonds is 8. The molecule has 0 bridgehead atoms. The minimum Gasteiger partial charge on any atom is -0.484 e. The fraction of sp³-hybridized carbons (Fsp3) is 0.115. The number of aliphatic carboxylic acids is 1. The third-order valence-corrected chi connectivity index (χ3v) is 6.38. The summed E-state index contributed by atoms with van der Waals surface area (Å²) >= 11 is 1.49. The second kappa shape index (κ2) is 9.47. The van der Waals surface area contributed by atoms with Crippen molar-refractivity contribution in [3.05, 3.63) is 87.9 Å². The van der Waals surface area contributed by atoms with Crippen LogP contribution in [0.2, 0.25) is 0 Å². The molecule has 0 radical (unpaired) electrons. The largest absolute Gasteiger partial charge is 0.484 e. The SMILES string of the molecule is O=C(COc1ccc2c(c1)OC(=Cc1cccs1)C2=O)NC(Cc1c[nH]c2ccccc12)C(=O)O. The van der Waals surface area contributed by atoms with Crippen LogP contribution in [0.15, 0.2) is 71.9 Å². The number of nitrogens with one attached hydrogen (secondary N) is 2. The van der Waals surface area contributed by atoms with Crippen molar-refractivity contribution in [3.63, 3.8) is 0 Å². The van der Waals surface area contributed by atoms with Gasteiger partial charge in [0.25, 0.3) is 5.91 Å². The van der Waals surface area contributed by atoms with Crippen LogP contribution in [0, 0.1) is 0 Å². The van der Waals surface area contributed by atoms with Gasteiger partial charge < -0.3 is 24.9 Å². The average molecular weight is 489 g/mol. The predicted molar refractivity (Wildman–Crippen MR) is 131 cm³/mol. The van der Waals surface area contributed by atoms with Crippen LogP contribution in [0.5, 0.6) is 11.5 Å². The molecule has 3 N–H and O–H groups in total. The van der Waals surface area contributed by atoms with Gasteiger partial charge in [-0.05, 0) is 35.2 Å². The van der Waals surface area contributed by atoms with E-state index in [1.54, 1.807) is 24.4 Å². The summed E-state index contributed by atoms with van der Waals surface area (Å²) < 4.78 is 11.2. The molecule has 5 rings (SSSR count). The van der Waals surface area contributed by atoms with Gasteiger partial charge >= 0.3 is 5.97 Å². The fourth-order valence-electron chi connectivity index (χ4n) is 3.86. The number of Topliss-reactive ketones (excluding diaryl/α,β-unsaturated/α-hetero) is 1. The standard InChI is InChI=1S/C26H20N2O6S/c29-24(28-21(26(31)32)10-15-13-27-20-6-2-1-5-18(15)20)14-33-16-7-8-19-22(11-16)34-23(25(19)30)12-17-4-3-9-35-17/h1-9,11-13,21,27H,10,14H2,(H,28,29)(H,31,32). The summed E-state index contributed by atoms with van der Waals surface area (Å²) in [5.74, 6) is -1.05. The van der Waals surface area contributed by atoms with E-state index < -0.39 is 17.9 Å². The van der Waals surface area contributed by atoms with Gasteiger partial charge in [-0.25, -0.2) is 4.79 Å². The molecule has 8 nitrogen and oxygen atoms in total. The maximum absolute atomic E-state index is 12.5. The van der Waals surface area contributed by atoms with E-state index in [0.29, 0.717) is 17.1 Å². The van der Waals surface area contributed by atoms with Crippen molar-refractivity contribution in [1.82, 2.24) is 10.3 Å². The van der Waals surface area contributed by atoms with E-state index in [0.717, 1.165) is 21.3 Å². The molecule has 1 unspecified atom stereocenters. The highest BCUT2D eigenvalue weighted by Crippen LogP contribution is 2.35. The Morgan fingerprint density at radius 3 is 2.83 bits per heavy atom. The maximum atomic E-state index is 12.5. The fourth-order valence-corrected chi connectivity index (χ4v) is 4.51. The molecule has 1 aliphatic heterocycles. The Kier molecular flexibility index (Phi) is 6.07. The van der Waals surface area contributed by atoms with E-state index in [1.807, 2.05) is 41.8 Å². The van der Waals surface area contributed by atoms with Gasteiger partial charge in [0.15, 0.2) is 12.4 Å². The first kappa shape index (κ1) is 22.4. The third kappa shape index (κ3) is 4.80. The Hall–Kier alpha value is -4.37. The van der Waals surface area contributed by atoms with Crippen LogP contribution in [0.4, 0.5) is 0 Å². The number of allylic oxidation sites excluding steroid dienone is 1. The van der Waals surface area contributed by atoms with E-state index in [9.17, 15) is 19.5 Å². The highest BCUT2D eigenvalue weighted by Gasteiger charge is 2.28. The Balaban J connectivity index is 1.21. The molecule has 3 heterocycles. The van der Waals surface area contributed by atoms with Gasteiger partial charge in [0.2, 0.25) is 5.78 Å². The second-order valence-electron chi connectivity index (χ2n) is 7.92. The zero-order valence-corrected chi connectivity index (χ0v) is 19.1. The molecular formula is C26H20N2O6S. The summed E-state index contributed by atoms with van der Waals surface area (Å²) in [6, 6.07) is 14.9. The number of fused-ring (bicyclic) bond motifs is 2. The van der Waals surface area contributed by atoms with Crippen LogP contribution in [0.1, 0.15) is 20.8 Å². The number of hydrogen-bond acceptors (Lipinski definition) is 6. The second-order valence-corrected chi connectivity index (χ2v) is 8.90. The molecule has 0 fully saturated rings. The number of amides is 1. The number of aromatic nitrogens is 1. The smallest absolute Gasteiger partial charge is 0.326 e. The van der Waals surface area contributed by atoms with Crippen LogP contribution in [-0.4, -0.2) is 40.4 Å². The van der Waals surface area contributed by atoms with Gasteiger partial charge in [0.1, 0.15) is 17.5 Å². The Morgan fingerprint density at radius 2 is 2.03 bits per heavy atom. The molecule has 1 amide bonds. The summed E-state index contributed by atoms with van der Waals surface area (Å²) in [5, 5.41) is 14.9. The van der Waals surface area contributed by atoms with Crippen LogP contribution in [0.3, 0.4) is 0 Å². The Bertz CT molecular complexity index is 1450. The Labute approximate surface area is 203 Å². The van der Waals surface area contributed by atoms with Crippen molar-refractivity contribution in [2.24, 2.45) is 0 Å². The summed E-state index contributed by atoms with van der Waals surface area (Å²) in [6.45, 7) is -0.387. The van der Waals surface area contributed by atoms with Crippen LogP contribution in [-0.2, 0) is 16.0 Å². The lowest BCUT2D eigenvalue weighted by Crippen LogP contribution is -2.44. The van der Waals surface area contributed by atoms with Gasteiger partial charge in [-0.1, -0.05) is 24.3 Å². The molecule has 0 saturated heterocycles. The Morgan fingerprint density at radius 1 is 1.17 bits per heavy atom. The number of carbonyl (C=O) groups excluding carboxylic acids is 2. The normalized spacial score (nSPS) is 14.5. The first-order valence-corrected chi connectivity index (χ1v) is 11.7. The molecular weight excluding hydrogens is 468 g/mol. The van der Waals surface area contributed by atoms with E-state index in [-0.39, 0.29) is 24.6 Å². The number of H-pyrrole nitrogens is 1. The summed E-state index contributed by atoms with van der Waals surface area (Å²) in [6.07, 6.45) is 3.55. The lowest BCUT2D eigenvalue weighted by atomic mass is 10.1. The minimum absolute atomic E-state index is 0.124. The molecule has 2 aromatic carbocycles. The number of carboxylic acids is 1. The molecule has 176 valence electrons. The number of aromatic amines is 1. The van der Waals surface area contributed by atoms with Crippen LogP contribution in [0.25, 0.3) is 17.0 Å².